The molecule has 4 nitrogen and oxygen atoms in total. The Bertz CT molecular complexity index is 560. The second-order valence-corrected chi connectivity index (χ2v) is 6.50. The molecule has 2 amide bonds. The summed E-state index contributed by atoms with van der Waals surface area (Å²) in [4.78, 5) is 26.4. The number of aryl methyl sites for hydroxylation is 1. The normalized spacial score (nSPS) is 15.5. The van der Waals surface area contributed by atoms with Crippen molar-refractivity contribution < 1.29 is 9.59 Å². The SMILES string of the molecule is CCCCC(=O)N1CCC(C(=O)Nc2cccc(C)c2C)CC1. The van der Waals surface area contributed by atoms with Crippen molar-refractivity contribution in [2.24, 2.45) is 5.92 Å². The molecule has 0 bridgehead atoms. The Balaban J connectivity index is 1.86. The molecule has 4 heteroatoms. The van der Waals surface area contributed by atoms with E-state index in [-0.39, 0.29) is 17.7 Å². The highest BCUT2D eigenvalue weighted by Gasteiger charge is 2.27. The average molecular weight is 316 g/mol. The molecule has 0 saturated carbocycles. The third-order valence-corrected chi connectivity index (χ3v) is 4.83. The van der Waals surface area contributed by atoms with Crippen molar-refractivity contribution in [1.82, 2.24) is 4.90 Å². The zero-order chi connectivity index (χ0) is 16.8. The number of piperidine rings is 1. The van der Waals surface area contributed by atoms with E-state index < -0.39 is 0 Å². The van der Waals surface area contributed by atoms with Crippen molar-refractivity contribution in [3.8, 4) is 0 Å². The van der Waals surface area contributed by atoms with Gasteiger partial charge in [0.1, 0.15) is 0 Å². The molecule has 0 unspecified atom stereocenters. The van der Waals surface area contributed by atoms with Crippen molar-refractivity contribution >= 4 is 17.5 Å². The molecule has 23 heavy (non-hydrogen) atoms. The van der Waals surface area contributed by atoms with Gasteiger partial charge in [0.25, 0.3) is 0 Å². The molecule has 1 heterocycles. The summed E-state index contributed by atoms with van der Waals surface area (Å²) < 4.78 is 0. The number of carbonyl (C=O) groups excluding carboxylic acids is 2. The number of benzene rings is 1. The zero-order valence-electron chi connectivity index (χ0n) is 14.5. The van der Waals surface area contributed by atoms with Crippen molar-refractivity contribution in [2.75, 3.05) is 18.4 Å². The average Bonchev–Trinajstić information content (AvgIpc) is 2.57. The minimum absolute atomic E-state index is 0.00476. The van der Waals surface area contributed by atoms with Gasteiger partial charge in [0, 0.05) is 31.1 Å². The fourth-order valence-electron chi connectivity index (χ4n) is 3.00. The Morgan fingerprint density at radius 1 is 1.22 bits per heavy atom. The minimum Gasteiger partial charge on any atom is -0.343 e. The lowest BCUT2D eigenvalue weighted by Crippen LogP contribution is -2.41. The highest BCUT2D eigenvalue weighted by Crippen LogP contribution is 2.23. The van der Waals surface area contributed by atoms with Crippen LogP contribution in [0.5, 0.6) is 0 Å². The largest absolute Gasteiger partial charge is 0.343 e. The summed E-state index contributed by atoms with van der Waals surface area (Å²) in [5.41, 5.74) is 3.20. The van der Waals surface area contributed by atoms with Gasteiger partial charge in [-0.05, 0) is 50.3 Å². The van der Waals surface area contributed by atoms with Crippen LogP contribution < -0.4 is 5.32 Å². The molecule has 2 rings (SSSR count). The van der Waals surface area contributed by atoms with Crippen molar-refractivity contribution in [2.45, 2.75) is 52.9 Å². The van der Waals surface area contributed by atoms with E-state index >= 15 is 0 Å². The van der Waals surface area contributed by atoms with Crippen LogP contribution in [-0.2, 0) is 9.59 Å². The standard InChI is InChI=1S/C19H28N2O2/c1-4-5-9-18(22)21-12-10-16(11-13-21)19(23)20-17-8-6-7-14(2)15(17)3/h6-8,16H,4-5,9-13H2,1-3H3,(H,20,23). The second-order valence-electron chi connectivity index (χ2n) is 6.50. The summed E-state index contributed by atoms with van der Waals surface area (Å²) in [5.74, 6) is 0.324. The summed E-state index contributed by atoms with van der Waals surface area (Å²) in [5, 5.41) is 3.06. The lowest BCUT2D eigenvalue weighted by atomic mass is 9.95. The molecule has 1 aliphatic rings. The number of nitrogens with one attached hydrogen (secondary N) is 1. The molecule has 1 N–H and O–H groups in total. The highest BCUT2D eigenvalue weighted by molar-refractivity contribution is 5.93. The molecule has 1 saturated heterocycles. The van der Waals surface area contributed by atoms with Gasteiger partial charge in [-0.25, -0.2) is 0 Å². The third kappa shape index (κ3) is 4.57. The number of carbonyl (C=O) groups is 2. The van der Waals surface area contributed by atoms with Gasteiger partial charge in [-0.15, -0.1) is 0 Å². The molecule has 1 fully saturated rings. The van der Waals surface area contributed by atoms with E-state index in [4.69, 9.17) is 0 Å². The van der Waals surface area contributed by atoms with Crippen LogP contribution in [-0.4, -0.2) is 29.8 Å². The minimum atomic E-state index is 0.00476. The van der Waals surface area contributed by atoms with E-state index in [0.29, 0.717) is 19.5 Å². The second kappa shape index (κ2) is 8.14. The van der Waals surface area contributed by atoms with Crippen LogP contribution in [0.3, 0.4) is 0 Å². The van der Waals surface area contributed by atoms with E-state index in [0.717, 1.165) is 36.9 Å². The van der Waals surface area contributed by atoms with Crippen LogP contribution in [0, 0.1) is 19.8 Å². The van der Waals surface area contributed by atoms with E-state index in [1.165, 1.54) is 5.56 Å². The Labute approximate surface area is 139 Å². The first-order valence-corrected chi connectivity index (χ1v) is 8.67. The first kappa shape index (κ1) is 17.5. The summed E-state index contributed by atoms with van der Waals surface area (Å²) >= 11 is 0. The molecule has 1 aliphatic heterocycles. The highest BCUT2D eigenvalue weighted by atomic mass is 16.2. The van der Waals surface area contributed by atoms with Gasteiger partial charge >= 0.3 is 0 Å². The number of likely N-dealkylation sites (tertiary alicyclic amines) is 1. The van der Waals surface area contributed by atoms with Crippen molar-refractivity contribution in [3.05, 3.63) is 29.3 Å². The fraction of sp³-hybridized carbons (Fsp3) is 0.579. The van der Waals surface area contributed by atoms with E-state index in [2.05, 4.69) is 12.2 Å². The number of hydrogen-bond donors (Lipinski definition) is 1. The maximum atomic E-state index is 12.5. The number of hydrogen-bond acceptors (Lipinski definition) is 2. The van der Waals surface area contributed by atoms with Gasteiger partial charge in [0.2, 0.25) is 11.8 Å². The fourth-order valence-corrected chi connectivity index (χ4v) is 3.00. The van der Waals surface area contributed by atoms with E-state index in [1.54, 1.807) is 0 Å². The van der Waals surface area contributed by atoms with Crippen molar-refractivity contribution in [3.63, 3.8) is 0 Å². The Kier molecular flexibility index (Phi) is 6.20. The number of amides is 2. The predicted molar refractivity (Wildman–Crippen MR) is 93.4 cm³/mol. The maximum Gasteiger partial charge on any atom is 0.227 e. The molecular weight excluding hydrogens is 288 g/mol. The Hall–Kier alpha value is -1.84. The lowest BCUT2D eigenvalue weighted by molar-refractivity contribution is -0.134. The van der Waals surface area contributed by atoms with Crippen molar-refractivity contribution in [1.29, 1.82) is 0 Å². The van der Waals surface area contributed by atoms with Gasteiger partial charge in [-0.1, -0.05) is 25.5 Å². The monoisotopic (exact) mass is 316 g/mol. The van der Waals surface area contributed by atoms with Crippen LogP contribution >= 0.6 is 0 Å². The van der Waals surface area contributed by atoms with Crippen LogP contribution in [0.2, 0.25) is 0 Å². The van der Waals surface area contributed by atoms with Gasteiger partial charge in [0.05, 0.1) is 0 Å². The molecule has 0 spiro atoms. The van der Waals surface area contributed by atoms with Crippen LogP contribution in [0.1, 0.15) is 50.2 Å². The molecule has 0 aliphatic carbocycles. The third-order valence-electron chi connectivity index (χ3n) is 4.83. The smallest absolute Gasteiger partial charge is 0.227 e. The van der Waals surface area contributed by atoms with Gasteiger partial charge in [-0.3, -0.25) is 9.59 Å². The molecule has 0 atom stereocenters. The predicted octanol–water partition coefficient (Wildman–Crippen LogP) is 3.67. The van der Waals surface area contributed by atoms with E-state index in [1.807, 2.05) is 36.9 Å². The zero-order valence-corrected chi connectivity index (χ0v) is 14.5. The van der Waals surface area contributed by atoms with Gasteiger partial charge in [-0.2, -0.15) is 0 Å². The molecule has 126 valence electrons. The Morgan fingerprint density at radius 3 is 2.57 bits per heavy atom. The summed E-state index contributed by atoms with van der Waals surface area (Å²) in [6.45, 7) is 7.57. The number of anilines is 1. The summed E-state index contributed by atoms with van der Waals surface area (Å²) in [7, 11) is 0. The molecule has 0 aromatic heterocycles. The van der Waals surface area contributed by atoms with Gasteiger partial charge in [0.15, 0.2) is 0 Å². The molecule has 1 aromatic carbocycles. The van der Waals surface area contributed by atoms with Crippen LogP contribution in [0.15, 0.2) is 18.2 Å². The number of unbranched alkanes of at least 4 members (excludes halogenated alkanes) is 1. The lowest BCUT2D eigenvalue weighted by Gasteiger charge is -2.31. The Morgan fingerprint density at radius 2 is 1.91 bits per heavy atom. The topological polar surface area (TPSA) is 49.4 Å². The first-order valence-electron chi connectivity index (χ1n) is 8.67. The molecular formula is C19H28N2O2. The van der Waals surface area contributed by atoms with E-state index in [9.17, 15) is 9.59 Å². The molecule has 1 aromatic rings. The van der Waals surface area contributed by atoms with Crippen LogP contribution in [0.4, 0.5) is 5.69 Å². The summed E-state index contributed by atoms with van der Waals surface area (Å²) in [6, 6.07) is 5.96. The summed E-state index contributed by atoms with van der Waals surface area (Å²) in [6.07, 6.45) is 4.14. The number of nitrogens with zero attached hydrogens (tertiary/aromatic N) is 1. The van der Waals surface area contributed by atoms with Crippen LogP contribution in [0.25, 0.3) is 0 Å². The number of rotatable bonds is 5. The molecule has 0 radical (unpaired) electrons. The first-order chi connectivity index (χ1) is 11.0. The van der Waals surface area contributed by atoms with Gasteiger partial charge < -0.3 is 10.2 Å². The quantitative estimate of drug-likeness (QED) is 0.901. The maximum absolute atomic E-state index is 12.5.